The van der Waals surface area contributed by atoms with Crippen molar-refractivity contribution in [2.45, 2.75) is 40.0 Å². The Bertz CT molecular complexity index is 184. The molecule has 1 aliphatic carbocycles. The lowest BCUT2D eigenvalue weighted by Gasteiger charge is -2.37. The fourth-order valence-electron chi connectivity index (χ4n) is 2.53. The van der Waals surface area contributed by atoms with Crippen molar-refractivity contribution in [3.05, 3.63) is 0 Å². The Hall–Kier alpha value is -0.530. The van der Waals surface area contributed by atoms with E-state index in [1.54, 1.807) is 0 Å². The maximum absolute atomic E-state index is 10.8. The Balaban J connectivity index is 2.64. The van der Waals surface area contributed by atoms with Gasteiger partial charge in [-0.25, -0.2) is 0 Å². The van der Waals surface area contributed by atoms with Gasteiger partial charge in [-0.15, -0.1) is 0 Å². The van der Waals surface area contributed by atoms with E-state index in [1.807, 2.05) is 0 Å². The standard InChI is InChI=1S/C10H18O2/c1-7-4-8(9(11)12)6-10(2,3)5-7/h7-8H,4-6H2,1-3H3,(H,11,12)/t7-,8-/m1/s1. The predicted octanol–water partition coefficient (Wildman–Crippen LogP) is 2.53. The van der Waals surface area contributed by atoms with Gasteiger partial charge in [0.2, 0.25) is 0 Å². The summed E-state index contributed by atoms with van der Waals surface area (Å²) >= 11 is 0. The summed E-state index contributed by atoms with van der Waals surface area (Å²) < 4.78 is 0. The molecule has 0 aromatic carbocycles. The largest absolute Gasteiger partial charge is 0.481 e. The van der Waals surface area contributed by atoms with Crippen molar-refractivity contribution >= 4 is 5.97 Å². The van der Waals surface area contributed by atoms with Gasteiger partial charge < -0.3 is 5.11 Å². The minimum absolute atomic E-state index is 0.108. The Morgan fingerprint density at radius 2 is 2.00 bits per heavy atom. The van der Waals surface area contributed by atoms with Crippen LogP contribution in [-0.2, 0) is 4.79 Å². The van der Waals surface area contributed by atoms with Gasteiger partial charge in [0.1, 0.15) is 0 Å². The zero-order chi connectivity index (χ0) is 9.35. The second kappa shape index (κ2) is 3.08. The summed E-state index contributed by atoms with van der Waals surface area (Å²) in [6.07, 6.45) is 2.86. The molecule has 1 N–H and O–H groups in total. The van der Waals surface area contributed by atoms with Gasteiger partial charge in [-0.1, -0.05) is 20.8 Å². The first-order valence-corrected chi connectivity index (χ1v) is 4.63. The first kappa shape index (κ1) is 9.56. The second-order valence-corrected chi connectivity index (χ2v) is 4.95. The topological polar surface area (TPSA) is 37.3 Å². The highest BCUT2D eigenvalue weighted by atomic mass is 16.4. The van der Waals surface area contributed by atoms with Crippen LogP contribution in [0, 0.1) is 17.3 Å². The van der Waals surface area contributed by atoms with Crippen LogP contribution < -0.4 is 0 Å². The normalized spacial score (nSPS) is 34.6. The molecule has 1 saturated carbocycles. The molecule has 1 fully saturated rings. The lowest BCUT2D eigenvalue weighted by molar-refractivity contribution is -0.145. The molecule has 0 bridgehead atoms. The van der Waals surface area contributed by atoms with Gasteiger partial charge in [-0.2, -0.15) is 0 Å². The molecule has 0 aromatic rings. The first-order chi connectivity index (χ1) is 5.41. The quantitative estimate of drug-likeness (QED) is 0.656. The fourth-order valence-corrected chi connectivity index (χ4v) is 2.53. The second-order valence-electron chi connectivity index (χ2n) is 4.95. The van der Waals surface area contributed by atoms with Crippen LogP contribution in [0.5, 0.6) is 0 Å². The monoisotopic (exact) mass is 170 g/mol. The molecule has 1 rings (SSSR count). The molecule has 1 aliphatic rings. The third kappa shape index (κ3) is 2.23. The smallest absolute Gasteiger partial charge is 0.306 e. The maximum Gasteiger partial charge on any atom is 0.306 e. The summed E-state index contributed by atoms with van der Waals surface area (Å²) in [6, 6.07) is 0. The van der Waals surface area contributed by atoms with Crippen LogP contribution in [0.3, 0.4) is 0 Å². The van der Waals surface area contributed by atoms with Crippen LogP contribution in [-0.4, -0.2) is 11.1 Å². The first-order valence-electron chi connectivity index (χ1n) is 4.63. The van der Waals surface area contributed by atoms with Crippen LogP contribution in [0.1, 0.15) is 40.0 Å². The van der Waals surface area contributed by atoms with Crippen molar-refractivity contribution in [1.29, 1.82) is 0 Å². The van der Waals surface area contributed by atoms with Gasteiger partial charge >= 0.3 is 5.97 Å². The van der Waals surface area contributed by atoms with Gasteiger partial charge in [0.05, 0.1) is 5.92 Å². The van der Waals surface area contributed by atoms with Gasteiger partial charge in [0.25, 0.3) is 0 Å². The minimum Gasteiger partial charge on any atom is -0.481 e. The average molecular weight is 170 g/mol. The number of carboxylic acid groups (broad SMARTS) is 1. The molecule has 0 amide bonds. The van der Waals surface area contributed by atoms with Crippen LogP contribution in [0.4, 0.5) is 0 Å². The van der Waals surface area contributed by atoms with E-state index in [0.29, 0.717) is 5.92 Å². The summed E-state index contributed by atoms with van der Waals surface area (Å²) in [5.41, 5.74) is 0.223. The molecule has 0 heterocycles. The van der Waals surface area contributed by atoms with Gasteiger partial charge in [-0.3, -0.25) is 4.79 Å². The lowest BCUT2D eigenvalue weighted by Crippen LogP contribution is -2.31. The Morgan fingerprint density at radius 3 is 2.42 bits per heavy atom. The number of rotatable bonds is 1. The molecule has 2 nitrogen and oxygen atoms in total. The zero-order valence-corrected chi connectivity index (χ0v) is 8.13. The Morgan fingerprint density at radius 1 is 1.42 bits per heavy atom. The molecule has 0 aromatic heterocycles. The Kier molecular flexibility index (Phi) is 2.45. The van der Waals surface area contributed by atoms with E-state index in [9.17, 15) is 4.79 Å². The van der Waals surface area contributed by atoms with Crippen molar-refractivity contribution in [2.75, 3.05) is 0 Å². The molecule has 0 spiro atoms. The average Bonchev–Trinajstić information content (AvgIpc) is 1.82. The molecule has 2 heteroatoms. The molecule has 12 heavy (non-hydrogen) atoms. The number of aliphatic carboxylic acids is 1. The molecule has 0 saturated heterocycles. The molecular weight excluding hydrogens is 152 g/mol. The highest BCUT2D eigenvalue weighted by molar-refractivity contribution is 5.70. The van der Waals surface area contributed by atoms with Crippen LogP contribution in [0.15, 0.2) is 0 Å². The lowest BCUT2D eigenvalue weighted by atomic mass is 9.68. The van der Waals surface area contributed by atoms with E-state index >= 15 is 0 Å². The fraction of sp³-hybridized carbons (Fsp3) is 0.900. The number of hydrogen-bond acceptors (Lipinski definition) is 1. The van der Waals surface area contributed by atoms with E-state index < -0.39 is 5.97 Å². The number of carboxylic acids is 1. The summed E-state index contributed by atoms with van der Waals surface area (Å²) in [7, 11) is 0. The number of hydrogen-bond donors (Lipinski definition) is 1. The highest BCUT2D eigenvalue weighted by Crippen LogP contribution is 2.41. The summed E-state index contributed by atoms with van der Waals surface area (Å²) in [4.78, 5) is 10.8. The molecule has 0 unspecified atom stereocenters. The SMILES string of the molecule is C[C@@H]1C[C@@H](C(=O)O)CC(C)(C)C1. The van der Waals surface area contributed by atoms with Crippen molar-refractivity contribution in [2.24, 2.45) is 17.3 Å². The van der Waals surface area contributed by atoms with E-state index in [2.05, 4.69) is 20.8 Å². The van der Waals surface area contributed by atoms with Gasteiger partial charge in [-0.05, 0) is 30.6 Å². The molecule has 2 atom stereocenters. The van der Waals surface area contributed by atoms with Crippen molar-refractivity contribution in [1.82, 2.24) is 0 Å². The molecular formula is C10H18O2. The van der Waals surface area contributed by atoms with Gasteiger partial charge in [0, 0.05) is 0 Å². The third-order valence-corrected chi connectivity index (χ3v) is 2.74. The van der Waals surface area contributed by atoms with E-state index in [1.165, 1.54) is 0 Å². The molecule has 70 valence electrons. The number of carbonyl (C=O) groups is 1. The van der Waals surface area contributed by atoms with Crippen LogP contribution >= 0.6 is 0 Å². The predicted molar refractivity (Wildman–Crippen MR) is 47.9 cm³/mol. The zero-order valence-electron chi connectivity index (χ0n) is 8.13. The molecule has 0 radical (unpaired) electrons. The van der Waals surface area contributed by atoms with Crippen molar-refractivity contribution in [3.63, 3.8) is 0 Å². The van der Waals surface area contributed by atoms with Crippen LogP contribution in [0.25, 0.3) is 0 Å². The summed E-state index contributed by atoms with van der Waals surface area (Å²) in [5, 5.41) is 8.89. The van der Waals surface area contributed by atoms with Crippen molar-refractivity contribution < 1.29 is 9.90 Å². The highest BCUT2D eigenvalue weighted by Gasteiger charge is 2.35. The van der Waals surface area contributed by atoms with Crippen LogP contribution in [0.2, 0.25) is 0 Å². The Labute approximate surface area is 74.0 Å². The van der Waals surface area contributed by atoms with Gasteiger partial charge in [0.15, 0.2) is 0 Å². The van der Waals surface area contributed by atoms with E-state index in [0.717, 1.165) is 19.3 Å². The molecule has 0 aliphatic heterocycles. The van der Waals surface area contributed by atoms with E-state index in [-0.39, 0.29) is 11.3 Å². The maximum atomic E-state index is 10.8. The summed E-state index contributed by atoms with van der Waals surface area (Å²) in [5.74, 6) is -0.159. The third-order valence-electron chi connectivity index (χ3n) is 2.74. The van der Waals surface area contributed by atoms with Crippen molar-refractivity contribution in [3.8, 4) is 0 Å². The minimum atomic E-state index is -0.616. The van der Waals surface area contributed by atoms with E-state index in [4.69, 9.17) is 5.11 Å². The summed E-state index contributed by atoms with van der Waals surface area (Å²) in [6.45, 7) is 6.48.